The molecule has 0 saturated carbocycles. The topological polar surface area (TPSA) is 59.2 Å². The van der Waals surface area contributed by atoms with Gasteiger partial charge in [0.25, 0.3) is 5.91 Å². The van der Waals surface area contributed by atoms with Crippen LogP contribution < -0.4 is 4.90 Å². The number of thiazole rings is 1. The number of carbonyl (C=O) groups excluding carboxylic acids is 1. The fraction of sp³-hybridized carbons (Fsp3) is 0.0417. The third-order valence-electron chi connectivity index (χ3n) is 5.04. The van der Waals surface area contributed by atoms with Gasteiger partial charge in [-0.1, -0.05) is 81.6 Å². The quantitative estimate of drug-likeness (QED) is 0.242. The lowest BCUT2D eigenvalue weighted by atomic mass is 10.0. The largest absolute Gasteiger partial charge is 0.360 e. The molecule has 2 heterocycles. The first kappa shape index (κ1) is 21.9. The number of anilines is 2. The Morgan fingerprint density at radius 2 is 1.70 bits per heavy atom. The molecule has 164 valence electrons. The Kier molecular flexibility index (Phi) is 5.85. The van der Waals surface area contributed by atoms with Crippen molar-refractivity contribution in [2.24, 2.45) is 0 Å². The minimum absolute atomic E-state index is 0.286. The smallest absolute Gasteiger partial charge is 0.270 e. The highest BCUT2D eigenvalue weighted by Crippen LogP contribution is 2.39. The third kappa shape index (κ3) is 4.00. The van der Waals surface area contributed by atoms with Crippen molar-refractivity contribution in [3.8, 4) is 11.3 Å². The molecular weight excluding hydrogens is 501 g/mol. The van der Waals surface area contributed by atoms with E-state index in [-0.39, 0.29) is 11.5 Å². The van der Waals surface area contributed by atoms with Gasteiger partial charge in [-0.15, -0.1) is 0 Å². The van der Waals surface area contributed by atoms with Gasteiger partial charge in [-0.3, -0.25) is 9.69 Å². The van der Waals surface area contributed by atoms with Gasteiger partial charge in [0.1, 0.15) is 17.0 Å². The van der Waals surface area contributed by atoms with E-state index in [1.807, 2.05) is 36.4 Å². The second-order valence-corrected chi connectivity index (χ2v) is 9.38. The van der Waals surface area contributed by atoms with Gasteiger partial charge in [-0.2, -0.15) is 0 Å². The SMILES string of the molecule is Cc1onc(-c2ccccc2Cl)c1C(=O)N(c1ccc(Cl)c(Cl)c1)c1nc2ccccc2s1. The predicted octanol–water partition coefficient (Wildman–Crippen LogP) is 8.20. The van der Waals surface area contributed by atoms with Gasteiger partial charge in [0, 0.05) is 5.56 Å². The van der Waals surface area contributed by atoms with Gasteiger partial charge in [-0.25, -0.2) is 4.98 Å². The number of aromatic nitrogens is 2. The highest BCUT2D eigenvalue weighted by Gasteiger charge is 2.31. The number of halogens is 3. The van der Waals surface area contributed by atoms with Crippen molar-refractivity contribution in [2.75, 3.05) is 4.90 Å². The summed E-state index contributed by atoms with van der Waals surface area (Å²) in [5, 5.41) is 5.78. The first-order chi connectivity index (χ1) is 15.9. The van der Waals surface area contributed by atoms with Gasteiger partial charge in [0.15, 0.2) is 5.13 Å². The molecule has 0 spiro atoms. The van der Waals surface area contributed by atoms with E-state index in [4.69, 9.17) is 44.3 Å². The van der Waals surface area contributed by atoms with Crippen LogP contribution in [0.2, 0.25) is 15.1 Å². The number of amides is 1. The molecule has 0 radical (unpaired) electrons. The molecule has 0 aliphatic heterocycles. The number of hydrogen-bond donors (Lipinski definition) is 0. The average Bonchev–Trinajstić information content (AvgIpc) is 3.40. The van der Waals surface area contributed by atoms with Crippen LogP contribution in [0.3, 0.4) is 0 Å². The number of carbonyl (C=O) groups is 1. The second-order valence-electron chi connectivity index (χ2n) is 7.15. The monoisotopic (exact) mass is 513 g/mol. The maximum absolute atomic E-state index is 14.1. The van der Waals surface area contributed by atoms with Crippen LogP contribution in [0.5, 0.6) is 0 Å². The molecule has 0 atom stereocenters. The van der Waals surface area contributed by atoms with Gasteiger partial charge < -0.3 is 4.52 Å². The fourth-order valence-corrected chi connectivity index (χ4v) is 4.97. The molecule has 5 rings (SSSR count). The number of nitrogens with zero attached hydrogens (tertiary/aromatic N) is 3. The van der Waals surface area contributed by atoms with Gasteiger partial charge in [-0.05, 0) is 43.3 Å². The Balaban J connectivity index is 1.71. The summed E-state index contributed by atoms with van der Waals surface area (Å²) in [7, 11) is 0. The van der Waals surface area contributed by atoms with Crippen LogP contribution in [0.1, 0.15) is 16.1 Å². The summed E-state index contributed by atoms with van der Waals surface area (Å²) >= 11 is 20.2. The zero-order valence-electron chi connectivity index (χ0n) is 17.1. The lowest BCUT2D eigenvalue weighted by molar-refractivity contribution is 0.0998. The number of para-hydroxylation sites is 1. The van der Waals surface area contributed by atoms with Gasteiger partial charge >= 0.3 is 0 Å². The molecule has 1 amide bonds. The second kappa shape index (κ2) is 8.80. The van der Waals surface area contributed by atoms with E-state index >= 15 is 0 Å². The molecule has 33 heavy (non-hydrogen) atoms. The third-order valence-corrected chi connectivity index (χ3v) is 7.13. The van der Waals surface area contributed by atoms with E-state index in [1.54, 1.807) is 37.3 Å². The number of benzene rings is 3. The first-order valence-corrected chi connectivity index (χ1v) is 11.8. The molecule has 0 N–H and O–H groups in total. The minimum Gasteiger partial charge on any atom is -0.360 e. The summed E-state index contributed by atoms with van der Waals surface area (Å²) in [4.78, 5) is 20.3. The summed E-state index contributed by atoms with van der Waals surface area (Å²) < 4.78 is 6.37. The van der Waals surface area contributed by atoms with E-state index in [1.165, 1.54) is 16.2 Å². The van der Waals surface area contributed by atoms with Crippen LogP contribution in [-0.4, -0.2) is 16.0 Å². The number of rotatable bonds is 4. The van der Waals surface area contributed by atoms with Crippen molar-refractivity contribution in [1.29, 1.82) is 0 Å². The maximum Gasteiger partial charge on any atom is 0.270 e. The number of fused-ring (bicyclic) bond motifs is 1. The molecule has 0 aliphatic rings. The average molecular weight is 515 g/mol. The molecule has 0 aliphatic carbocycles. The van der Waals surface area contributed by atoms with E-state index < -0.39 is 0 Å². The van der Waals surface area contributed by atoms with Crippen molar-refractivity contribution >= 4 is 73.1 Å². The molecule has 0 unspecified atom stereocenters. The van der Waals surface area contributed by atoms with Crippen molar-refractivity contribution < 1.29 is 9.32 Å². The Morgan fingerprint density at radius 3 is 2.45 bits per heavy atom. The highest BCUT2D eigenvalue weighted by molar-refractivity contribution is 7.22. The Labute approximate surface area is 208 Å². The summed E-state index contributed by atoms with van der Waals surface area (Å²) in [6.07, 6.45) is 0. The summed E-state index contributed by atoms with van der Waals surface area (Å²) in [6, 6.07) is 19.8. The first-order valence-electron chi connectivity index (χ1n) is 9.80. The Hall–Kier alpha value is -2.90. The van der Waals surface area contributed by atoms with Gasteiger partial charge in [0.05, 0.1) is 31.0 Å². The van der Waals surface area contributed by atoms with Crippen LogP contribution in [0.25, 0.3) is 21.5 Å². The molecule has 9 heteroatoms. The van der Waals surface area contributed by atoms with E-state index in [0.717, 1.165) is 10.2 Å². The van der Waals surface area contributed by atoms with Gasteiger partial charge in [0.2, 0.25) is 0 Å². The lowest BCUT2D eigenvalue weighted by Gasteiger charge is -2.20. The molecule has 3 aromatic carbocycles. The van der Waals surface area contributed by atoms with Crippen LogP contribution in [0, 0.1) is 6.92 Å². The minimum atomic E-state index is -0.374. The van der Waals surface area contributed by atoms with Crippen LogP contribution in [0.15, 0.2) is 71.3 Å². The van der Waals surface area contributed by atoms with Crippen molar-refractivity contribution in [3.63, 3.8) is 0 Å². The van der Waals surface area contributed by atoms with Crippen LogP contribution in [-0.2, 0) is 0 Å². The summed E-state index contributed by atoms with van der Waals surface area (Å²) in [5.41, 5.74) is 2.53. The number of hydrogen-bond acceptors (Lipinski definition) is 5. The van der Waals surface area contributed by atoms with Crippen molar-refractivity contribution in [1.82, 2.24) is 10.1 Å². The zero-order valence-corrected chi connectivity index (χ0v) is 20.1. The standard InChI is InChI=1S/C24H14Cl3N3O2S/c1-13-21(22(29-32-13)15-6-2-3-7-16(15)25)23(31)30(14-10-11-17(26)18(27)12-14)24-28-19-8-4-5-9-20(19)33-24/h2-12H,1H3. The molecule has 5 aromatic rings. The van der Waals surface area contributed by atoms with Crippen molar-refractivity contribution in [2.45, 2.75) is 6.92 Å². The lowest BCUT2D eigenvalue weighted by Crippen LogP contribution is -2.26. The Bertz CT molecular complexity index is 1480. The predicted molar refractivity (Wildman–Crippen MR) is 134 cm³/mol. The van der Waals surface area contributed by atoms with E-state index in [2.05, 4.69) is 5.16 Å². The molecule has 5 nitrogen and oxygen atoms in total. The van der Waals surface area contributed by atoms with Crippen LogP contribution >= 0.6 is 46.1 Å². The molecular formula is C24H14Cl3N3O2S. The summed E-state index contributed by atoms with van der Waals surface area (Å²) in [5.74, 6) is -0.0118. The highest BCUT2D eigenvalue weighted by atomic mass is 35.5. The normalized spacial score (nSPS) is 11.2. The maximum atomic E-state index is 14.1. The van der Waals surface area contributed by atoms with E-state index in [9.17, 15) is 4.79 Å². The Morgan fingerprint density at radius 1 is 0.939 bits per heavy atom. The van der Waals surface area contributed by atoms with E-state index in [0.29, 0.717) is 42.9 Å². The number of aryl methyl sites for hydroxylation is 1. The molecule has 0 saturated heterocycles. The molecule has 0 bridgehead atoms. The molecule has 2 aromatic heterocycles. The molecule has 0 fully saturated rings. The fourth-order valence-electron chi connectivity index (χ4n) is 3.47. The summed E-state index contributed by atoms with van der Waals surface area (Å²) in [6.45, 7) is 1.69. The van der Waals surface area contributed by atoms with Crippen molar-refractivity contribution in [3.05, 3.63) is 93.1 Å². The zero-order chi connectivity index (χ0) is 23.1. The van der Waals surface area contributed by atoms with Crippen LogP contribution in [0.4, 0.5) is 10.8 Å².